The van der Waals surface area contributed by atoms with E-state index in [1.54, 1.807) is 11.8 Å². The second kappa shape index (κ2) is 2.03. The Bertz CT molecular complexity index is 58.7. The van der Waals surface area contributed by atoms with Crippen molar-refractivity contribution >= 4 is 11.8 Å². The Morgan fingerprint density at radius 2 is 1.57 bits per heavy atom. The Hall–Kier alpha value is 0.270. The SMILES string of the molecule is OC1CSC[C@H]1O. The third-order valence-electron chi connectivity index (χ3n) is 1.02. The van der Waals surface area contributed by atoms with Crippen LogP contribution in [0.25, 0.3) is 0 Å². The average Bonchev–Trinajstić information content (AvgIpc) is 1.91. The predicted octanol–water partition coefficient (Wildman–Crippen LogP) is -0.545. The lowest BCUT2D eigenvalue weighted by molar-refractivity contribution is 0.0572. The van der Waals surface area contributed by atoms with Crippen LogP contribution in [0.15, 0.2) is 0 Å². The molecule has 0 aliphatic carbocycles. The predicted molar refractivity (Wildman–Crippen MR) is 29.3 cm³/mol. The van der Waals surface area contributed by atoms with Gasteiger partial charge in [-0.1, -0.05) is 0 Å². The van der Waals surface area contributed by atoms with Crippen LogP contribution in [-0.2, 0) is 0 Å². The molecule has 1 heterocycles. The molecule has 2 atom stereocenters. The van der Waals surface area contributed by atoms with Gasteiger partial charge in [-0.3, -0.25) is 0 Å². The molecule has 0 aromatic carbocycles. The van der Waals surface area contributed by atoms with E-state index in [9.17, 15) is 0 Å². The Labute approximate surface area is 46.5 Å². The lowest BCUT2D eigenvalue weighted by Gasteiger charge is -2.01. The molecule has 2 nitrogen and oxygen atoms in total. The molecule has 1 saturated heterocycles. The summed E-state index contributed by atoms with van der Waals surface area (Å²) in [5.74, 6) is 1.39. The first-order valence-corrected chi connectivity index (χ1v) is 3.40. The van der Waals surface area contributed by atoms with Crippen LogP contribution in [0.3, 0.4) is 0 Å². The molecule has 1 fully saturated rings. The number of aliphatic hydroxyl groups is 2. The van der Waals surface area contributed by atoms with Gasteiger partial charge in [-0.25, -0.2) is 0 Å². The normalized spacial score (nSPS) is 42.0. The van der Waals surface area contributed by atoms with Crippen LogP contribution in [0.4, 0.5) is 0 Å². The van der Waals surface area contributed by atoms with E-state index in [-0.39, 0.29) is 0 Å². The Kier molecular flexibility index (Phi) is 1.57. The third kappa shape index (κ3) is 1.08. The van der Waals surface area contributed by atoms with Crippen molar-refractivity contribution in [2.45, 2.75) is 12.2 Å². The maximum Gasteiger partial charge on any atom is 0.0897 e. The van der Waals surface area contributed by atoms with E-state index in [2.05, 4.69) is 0 Å². The summed E-state index contributed by atoms with van der Waals surface area (Å²) in [5.41, 5.74) is 0. The summed E-state index contributed by atoms with van der Waals surface area (Å²) >= 11 is 1.59. The number of thioether (sulfide) groups is 1. The van der Waals surface area contributed by atoms with Crippen molar-refractivity contribution in [3.05, 3.63) is 0 Å². The molecule has 0 aromatic rings. The zero-order valence-corrected chi connectivity index (χ0v) is 4.69. The molecular weight excluding hydrogens is 112 g/mol. The summed E-state index contributed by atoms with van der Waals surface area (Å²) in [4.78, 5) is 0. The minimum absolute atomic E-state index is 0.468. The highest BCUT2D eigenvalue weighted by Gasteiger charge is 2.22. The van der Waals surface area contributed by atoms with Gasteiger partial charge < -0.3 is 10.2 Å². The molecule has 1 rings (SSSR count). The highest BCUT2D eigenvalue weighted by molar-refractivity contribution is 7.99. The lowest BCUT2D eigenvalue weighted by atomic mass is 10.3. The minimum Gasteiger partial charge on any atom is -0.390 e. The van der Waals surface area contributed by atoms with E-state index in [1.165, 1.54) is 0 Å². The number of aliphatic hydroxyl groups excluding tert-OH is 2. The first-order chi connectivity index (χ1) is 3.30. The van der Waals surface area contributed by atoms with E-state index >= 15 is 0 Å². The van der Waals surface area contributed by atoms with Crippen molar-refractivity contribution in [1.82, 2.24) is 0 Å². The largest absolute Gasteiger partial charge is 0.390 e. The van der Waals surface area contributed by atoms with E-state index in [0.29, 0.717) is 11.5 Å². The quantitative estimate of drug-likeness (QED) is 0.451. The molecule has 0 amide bonds. The van der Waals surface area contributed by atoms with Crippen LogP contribution in [0.2, 0.25) is 0 Å². The van der Waals surface area contributed by atoms with Gasteiger partial charge in [0.05, 0.1) is 12.2 Å². The van der Waals surface area contributed by atoms with Gasteiger partial charge in [0.25, 0.3) is 0 Å². The summed E-state index contributed by atoms with van der Waals surface area (Å²) in [5, 5.41) is 17.5. The number of rotatable bonds is 0. The van der Waals surface area contributed by atoms with Crippen LogP contribution >= 0.6 is 11.8 Å². The van der Waals surface area contributed by atoms with Crippen LogP contribution < -0.4 is 0 Å². The van der Waals surface area contributed by atoms with Crippen molar-refractivity contribution in [1.29, 1.82) is 0 Å². The molecule has 3 heteroatoms. The molecule has 0 saturated carbocycles. The monoisotopic (exact) mass is 120 g/mol. The summed E-state index contributed by atoms with van der Waals surface area (Å²) in [7, 11) is 0. The first kappa shape index (κ1) is 5.41. The molecule has 0 bridgehead atoms. The van der Waals surface area contributed by atoms with E-state index < -0.39 is 12.2 Å². The number of hydrogen-bond donors (Lipinski definition) is 2. The summed E-state index contributed by atoms with van der Waals surface area (Å²) in [6.45, 7) is 0. The van der Waals surface area contributed by atoms with Gasteiger partial charge in [0.15, 0.2) is 0 Å². The third-order valence-corrected chi connectivity index (χ3v) is 2.18. The van der Waals surface area contributed by atoms with Crippen LogP contribution in [0, 0.1) is 0 Å². The first-order valence-electron chi connectivity index (χ1n) is 2.24. The zero-order valence-electron chi connectivity index (χ0n) is 3.87. The molecule has 42 valence electrons. The van der Waals surface area contributed by atoms with Crippen LogP contribution in [0.5, 0.6) is 0 Å². The van der Waals surface area contributed by atoms with Gasteiger partial charge in [0.1, 0.15) is 0 Å². The van der Waals surface area contributed by atoms with Crippen molar-refractivity contribution in [3.63, 3.8) is 0 Å². The Morgan fingerprint density at radius 3 is 1.71 bits per heavy atom. The van der Waals surface area contributed by atoms with Gasteiger partial charge in [-0.15, -0.1) is 0 Å². The summed E-state index contributed by atoms with van der Waals surface area (Å²) in [6, 6.07) is 0. The van der Waals surface area contributed by atoms with Crippen molar-refractivity contribution < 1.29 is 10.2 Å². The van der Waals surface area contributed by atoms with Crippen LogP contribution in [0.1, 0.15) is 0 Å². The summed E-state index contributed by atoms with van der Waals surface area (Å²) < 4.78 is 0. The van der Waals surface area contributed by atoms with Gasteiger partial charge in [0, 0.05) is 11.5 Å². The molecule has 0 spiro atoms. The van der Waals surface area contributed by atoms with Gasteiger partial charge in [-0.2, -0.15) is 11.8 Å². The molecule has 1 aliphatic rings. The van der Waals surface area contributed by atoms with Crippen molar-refractivity contribution in [2.75, 3.05) is 11.5 Å². The molecular formula is C4H8O2S. The molecule has 7 heavy (non-hydrogen) atoms. The van der Waals surface area contributed by atoms with Gasteiger partial charge >= 0.3 is 0 Å². The summed E-state index contributed by atoms with van der Waals surface area (Å²) in [6.07, 6.45) is -0.935. The molecule has 2 N–H and O–H groups in total. The highest BCUT2D eigenvalue weighted by atomic mass is 32.2. The Balaban J connectivity index is 2.33. The second-order valence-electron chi connectivity index (χ2n) is 1.67. The number of hydrogen-bond acceptors (Lipinski definition) is 3. The topological polar surface area (TPSA) is 40.5 Å². The molecule has 1 unspecified atom stereocenters. The molecule has 1 aliphatic heterocycles. The van der Waals surface area contributed by atoms with E-state index in [1.807, 2.05) is 0 Å². The fourth-order valence-electron chi connectivity index (χ4n) is 0.532. The fourth-order valence-corrected chi connectivity index (χ4v) is 1.60. The van der Waals surface area contributed by atoms with E-state index in [0.717, 1.165) is 0 Å². The van der Waals surface area contributed by atoms with Gasteiger partial charge in [0.2, 0.25) is 0 Å². The maximum absolute atomic E-state index is 8.73. The zero-order chi connectivity index (χ0) is 5.28. The molecule has 0 radical (unpaired) electrons. The average molecular weight is 120 g/mol. The van der Waals surface area contributed by atoms with Gasteiger partial charge in [-0.05, 0) is 0 Å². The Morgan fingerprint density at radius 1 is 1.14 bits per heavy atom. The van der Waals surface area contributed by atoms with Crippen LogP contribution in [-0.4, -0.2) is 33.9 Å². The van der Waals surface area contributed by atoms with Crippen molar-refractivity contribution in [3.8, 4) is 0 Å². The standard InChI is InChI=1S/C4H8O2S/c5-3-1-7-2-4(3)6/h3-6H,1-2H2/t3-,4?/m1/s1. The highest BCUT2D eigenvalue weighted by Crippen LogP contribution is 2.16. The minimum atomic E-state index is -0.468. The second-order valence-corrected chi connectivity index (χ2v) is 2.75. The molecule has 0 aromatic heterocycles. The maximum atomic E-state index is 8.73. The lowest BCUT2D eigenvalue weighted by Crippen LogP contribution is -2.22. The smallest absolute Gasteiger partial charge is 0.0897 e. The van der Waals surface area contributed by atoms with E-state index in [4.69, 9.17) is 10.2 Å². The van der Waals surface area contributed by atoms with Crippen molar-refractivity contribution in [2.24, 2.45) is 0 Å². The fraction of sp³-hybridized carbons (Fsp3) is 1.00.